The van der Waals surface area contributed by atoms with Crippen LogP contribution in [0.15, 0.2) is 35.5 Å². The Kier molecular flexibility index (Phi) is 4.55. The van der Waals surface area contributed by atoms with Crippen LogP contribution < -0.4 is 0 Å². The van der Waals surface area contributed by atoms with Gasteiger partial charge in [0, 0.05) is 15.7 Å². The van der Waals surface area contributed by atoms with Gasteiger partial charge in [0.25, 0.3) is 9.05 Å². The molecule has 2 rings (SSSR count). The fourth-order valence-electron chi connectivity index (χ4n) is 1.69. The molecule has 112 valence electrons. The highest BCUT2D eigenvalue weighted by atomic mass is 35.7. The second-order valence-electron chi connectivity index (χ2n) is 3.91. The van der Waals surface area contributed by atoms with Gasteiger partial charge in [-0.15, -0.1) is 0 Å². The topological polar surface area (TPSA) is 78.3 Å². The molecule has 1 aromatic heterocycles. The number of carbonyl (C=O) groups is 1. The minimum Gasteiger partial charge on any atom is -0.462 e. The van der Waals surface area contributed by atoms with Crippen molar-refractivity contribution in [2.45, 2.75) is 11.9 Å². The molecular weight excluding hydrogens is 339 g/mol. The first-order chi connectivity index (χ1) is 9.84. The van der Waals surface area contributed by atoms with Crippen molar-refractivity contribution in [2.24, 2.45) is 0 Å². The molecule has 0 atom stereocenters. The maximum Gasteiger partial charge on any atom is 0.342 e. The molecule has 2 aromatic rings. The summed E-state index contributed by atoms with van der Waals surface area (Å²) in [4.78, 5) is 11.8. The van der Waals surface area contributed by atoms with Crippen LogP contribution in [0, 0.1) is 0 Å². The monoisotopic (exact) mass is 348 g/mol. The zero-order valence-corrected chi connectivity index (χ0v) is 13.1. The van der Waals surface area contributed by atoms with E-state index in [9.17, 15) is 13.2 Å². The van der Waals surface area contributed by atoms with E-state index in [1.54, 1.807) is 31.2 Å². The maximum atomic E-state index is 11.8. The lowest BCUT2D eigenvalue weighted by molar-refractivity contribution is 0.0521. The van der Waals surface area contributed by atoms with Gasteiger partial charge in [-0.25, -0.2) is 17.9 Å². The number of benzene rings is 1. The Morgan fingerprint density at radius 1 is 1.33 bits per heavy atom. The Labute approximate surface area is 130 Å². The summed E-state index contributed by atoms with van der Waals surface area (Å²) in [5.41, 5.74) is 0.177. The van der Waals surface area contributed by atoms with Crippen molar-refractivity contribution >= 4 is 37.3 Å². The van der Waals surface area contributed by atoms with Gasteiger partial charge in [0.1, 0.15) is 5.56 Å². The molecule has 1 heterocycles. The van der Waals surface area contributed by atoms with Crippen molar-refractivity contribution in [1.29, 1.82) is 0 Å². The average Bonchev–Trinajstić information content (AvgIpc) is 2.84. The van der Waals surface area contributed by atoms with Crippen LogP contribution in [0.25, 0.3) is 5.69 Å². The zero-order valence-electron chi connectivity index (χ0n) is 10.8. The molecule has 0 radical (unpaired) electrons. The van der Waals surface area contributed by atoms with Gasteiger partial charge in [0.2, 0.25) is 0 Å². The summed E-state index contributed by atoms with van der Waals surface area (Å²) < 4.78 is 29.4. The van der Waals surface area contributed by atoms with Gasteiger partial charge in [-0.05, 0) is 31.2 Å². The summed E-state index contributed by atoms with van der Waals surface area (Å²) in [5.74, 6) is -0.808. The van der Waals surface area contributed by atoms with E-state index in [1.165, 1.54) is 0 Å². The Morgan fingerprint density at radius 2 is 1.95 bits per heavy atom. The molecule has 0 N–H and O–H groups in total. The number of hydrogen-bond acceptors (Lipinski definition) is 5. The minimum absolute atomic E-state index is 0.104. The third-order valence-corrected chi connectivity index (χ3v) is 4.07. The van der Waals surface area contributed by atoms with Gasteiger partial charge >= 0.3 is 5.97 Å². The predicted molar refractivity (Wildman–Crippen MR) is 77.6 cm³/mol. The Hall–Kier alpha value is -1.57. The van der Waals surface area contributed by atoms with Crippen molar-refractivity contribution in [3.8, 4) is 5.69 Å². The first-order valence-corrected chi connectivity index (χ1v) is 8.49. The molecule has 0 aliphatic carbocycles. The third-order valence-electron chi connectivity index (χ3n) is 2.52. The SMILES string of the molecule is CCOC(=O)c1cnn(-c2ccc(Cl)cc2)c1S(=O)(=O)Cl. The lowest BCUT2D eigenvalue weighted by Crippen LogP contribution is -2.11. The van der Waals surface area contributed by atoms with Crippen LogP contribution in [0.5, 0.6) is 0 Å². The number of nitrogens with zero attached hydrogens (tertiary/aromatic N) is 2. The van der Waals surface area contributed by atoms with E-state index >= 15 is 0 Å². The number of halogens is 2. The summed E-state index contributed by atoms with van der Waals surface area (Å²) in [6.07, 6.45) is 1.10. The highest BCUT2D eigenvalue weighted by Crippen LogP contribution is 2.25. The van der Waals surface area contributed by atoms with Crippen LogP contribution in [-0.4, -0.2) is 30.8 Å². The molecule has 21 heavy (non-hydrogen) atoms. The van der Waals surface area contributed by atoms with Crippen LogP contribution >= 0.6 is 22.3 Å². The van der Waals surface area contributed by atoms with Crippen molar-refractivity contribution in [2.75, 3.05) is 6.61 Å². The number of rotatable bonds is 4. The smallest absolute Gasteiger partial charge is 0.342 e. The molecule has 0 amide bonds. The fourth-order valence-corrected chi connectivity index (χ4v) is 3.02. The summed E-state index contributed by atoms with van der Waals surface area (Å²) in [6.45, 7) is 1.71. The molecule has 6 nitrogen and oxygen atoms in total. The molecule has 0 saturated carbocycles. The third kappa shape index (κ3) is 3.37. The van der Waals surface area contributed by atoms with Gasteiger partial charge < -0.3 is 4.74 Å². The maximum absolute atomic E-state index is 11.8. The Morgan fingerprint density at radius 3 is 2.48 bits per heavy atom. The molecule has 0 fully saturated rings. The number of ether oxygens (including phenoxy) is 1. The molecule has 0 saturated heterocycles. The van der Waals surface area contributed by atoms with Gasteiger partial charge in [-0.1, -0.05) is 11.6 Å². The van der Waals surface area contributed by atoms with E-state index in [1.807, 2.05) is 0 Å². The number of hydrogen-bond donors (Lipinski definition) is 0. The van der Waals surface area contributed by atoms with Crippen LogP contribution in [-0.2, 0) is 13.8 Å². The summed E-state index contributed by atoms with van der Waals surface area (Å²) in [6, 6.07) is 6.23. The van der Waals surface area contributed by atoms with E-state index in [0.717, 1.165) is 10.9 Å². The van der Waals surface area contributed by atoms with E-state index in [2.05, 4.69) is 5.10 Å². The number of aromatic nitrogens is 2. The standard InChI is InChI=1S/C12H10Cl2N2O4S/c1-2-20-12(17)10-7-15-16(11(10)21(14,18)19)9-5-3-8(13)4-6-9/h3-7H,2H2,1H3. The first-order valence-electron chi connectivity index (χ1n) is 5.80. The van der Waals surface area contributed by atoms with E-state index in [-0.39, 0.29) is 12.2 Å². The van der Waals surface area contributed by atoms with Crippen molar-refractivity contribution in [3.63, 3.8) is 0 Å². The number of esters is 1. The quantitative estimate of drug-likeness (QED) is 0.626. The zero-order chi connectivity index (χ0) is 15.6. The molecular formula is C12H10Cl2N2O4S. The summed E-state index contributed by atoms with van der Waals surface area (Å²) in [5, 5.41) is 3.93. The normalized spacial score (nSPS) is 11.4. The Balaban J connectivity index is 2.63. The van der Waals surface area contributed by atoms with Gasteiger partial charge in [0.15, 0.2) is 5.03 Å². The highest BCUT2D eigenvalue weighted by molar-refractivity contribution is 8.13. The molecule has 9 heteroatoms. The molecule has 1 aromatic carbocycles. The first kappa shape index (κ1) is 15.8. The van der Waals surface area contributed by atoms with Crippen molar-refractivity contribution in [3.05, 3.63) is 41.0 Å². The van der Waals surface area contributed by atoms with E-state index in [4.69, 9.17) is 27.0 Å². The van der Waals surface area contributed by atoms with E-state index in [0.29, 0.717) is 10.7 Å². The van der Waals surface area contributed by atoms with E-state index < -0.39 is 20.0 Å². The summed E-state index contributed by atoms with van der Waals surface area (Å²) in [7, 11) is 1.21. The second-order valence-corrected chi connectivity index (χ2v) is 6.83. The Bertz CT molecular complexity index is 769. The van der Waals surface area contributed by atoms with Gasteiger partial charge in [0.05, 0.1) is 18.5 Å². The average molecular weight is 349 g/mol. The molecule has 0 unspecified atom stereocenters. The highest BCUT2D eigenvalue weighted by Gasteiger charge is 2.28. The predicted octanol–water partition coefficient (Wildman–Crippen LogP) is 2.63. The van der Waals surface area contributed by atoms with Gasteiger partial charge in [-0.2, -0.15) is 5.10 Å². The second kappa shape index (κ2) is 6.05. The molecule has 0 aliphatic rings. The fraction of sp³-hybridized carbons (Fsp3) is 0.167. The lowest BCUT2D eigenvalue weighted by Gasteiger charge is -2.06. The van der Waals surface area contributed by atoms with Crippen LogP contribution in [0.2, 0.25) is 5.02 Å². The molecule has 0 bridgehead atoms. The minimum atomic E-state index is -4.20. The molecule has 0 spiro atoms. The summed E-state index contributed by atoms with van der Waals surface area (Å²) >= 11 is 5.78. The lowest BCUT2D eigenvalue weighted by atomic mass is 10.3. The van der Waals surface area contributed by atoms with Crippen molar-refractivity contribution < 1.29 is 17.9 Å². The largest absolute Gasteiger partial charge is 0.462 e. The van der Waals surface area contributed by atoms with Crippen LogP contribution in [0.3, 0.4) is 0 Å². The van der Waals surface area contributed by atoms with Crippen LogP contribution in [0.1, 0.15) is 17.3 Å². The number of carbonyl (C=O) groups excluding carboxylic acids is 1. The molecule has 0 aliphatic heterocycles. The van der Waals surface area contributed by atoms with Crippen LogP contribution in [0.4, 0.5) is 0 Å². The van der Waals surface area contributed by atoms with Crippen molar-refractivity contribution in [1.82, 2.24) is 9.78 Å². The van der Waals surface area contributed by atoms with Gasteiger partial charge in [-0.3, -0.25) is 0 Å².